The standard InChI is InChI=1S/C12H11Br2NO/c13-8-3-10-7(5-15-9-1-2-9)6-16-12(10)11(14)4-8/h3-4,6,9,15H,1-2,5H2. The molecular formula is C12H11Br2NO. The van der Waals surface area contributed by atoms with Crippen molar-refractivity contribution >= 4 is 42.8 Å². The summed E-state index contributed by atoms with van der Waals surface area (Å²) in [5.74, 6) is 0. The number of hydrogen-bond acceptors (Lipinski definition) is 2. The van der Waals surface area contributed by atoms with Gasteiger partial charge in [-0.2, -0.15) is 0 Å². The Morgan fingerprint density at radius 3 is 2.88 bits per heavy atom. The average molecular weight is 345 g/mol. The van der Waals surface area contributed by atoms with Crippen molar-refractivity contribution in [3.63, 3.8) is 0 Å². The van der Waals surface area contributed by atoms with E-state index in [0.29, 0.717) is 0 Å². The molecule has 2 aromatic rings. The second-order valence-corrected chi connectivity index (χ2v) is 5.95. The van der Waals surface area contributed by atoms with Gasteiger partial charge >= 0.3 is 0 Å². The SMILES string of the molecule is Brc1cc(Br)c2occ(CNC3CC3)c2c1. The Hall–Kier alpha value is -0.320. The van der Waals surface area contributed by atoms with Crippen LogP contribution < -0.4 is 5.32 Å². The molecular weight excluding hydrogens is 334 g/mol. The van der Waals surface area contributed by atoms with Crippen molar-refractivity contribution < 1.29 is 4.42 Å². The van der Waals surface area contributed by atoms with E-state index in [9.17, 15) is 0 Å². The first kappa shape index (κ1) is 10.8. The first-order valence-corrected chi connectivity index (χ1v) is 6.91. The van der Waals surface area contributed by atoms with Crippen molar-refractivity contribution in [3.05, 3.63) is 32.9 Å². The summed E-state index contributed by atoms with van der Waals surface area (Å²) in [5.41, 5.74) is 2.15. The van der Waals surface area contributed by atoms with Crippen molar-refractivity contribution in [2.24, 2.45) is 0 Å². The molecule has 16 heavy (non-hydrogen) atoms. The average Bonchev–Trinajstić information content (AvgIpc) is 2.97. The summed E-state index contributed by atoms with van der Waals surface area (Å²) < 4.78 is 7.65. The normalized spacial score (nSPS) is 15.9. The van der Waals surface area contributed by atoms with Gasteiger partial charge in [0.15, 0.2) is 0 Å². The lowest BCUT2D eigenvalue weighted by molar-refractivity contribution is 0.600. The number of rotatable bonds is 3. The summed E-state index contributed by atoms with van der Waals surface area (Å²) in [4.78, 5) is 0. The van der Waals surface area contributed by atoms with E-state index < -0.39 is 0 Å². The van der Waals surface area contributed by atoms with Gasteiger partial charge in [-0.3, -0.25) is 0 Å². The van der Waals surface area contributed by atoms with Gasteiger partial charge in [-0.1, -0.05) is 15.9 Å². The van der Waals surface area contributed by atoms with Gasteiger partial charge in [0.1, 0.15) is 5.58 Å². The second-order valence-electron chi connectivity index (χ2n) is 4.18. The maximum atomic E-state index is 5.58. The summed E-state index contributed by atoms with van der Waals surface area (Å²) in [5, 5.41) is 4.67. The van der Waals surface area contributed by atoms with Crippen LogP contribution in [0.1, 0.15) is 18.4 Å². The van der Waals surface area contributed by atoms with Crippen LogP contribution in [0.25, 0.3) is 11.0 Å². The summed E-state index contributed by atoms with van der Waals surface area (Å²) in [7, 11) is 0. The zero-order valence-corrected chi connectivity index (χ0v) is 11.8. The van der Waals surface area contributed by atoms with Crippen LogP contribution in [0.2, 0.25) is 0 Å². The molecule has 0 bridgehead atoms. The molecule has 0 amide bonds. The Morgan fingerprint density at radius 1 is 1.31 bits per heavy atom. The molecule has 84 valence electrons. The predicted molar refractivity (Wildman–Crippen MR) is 71.5 cm³/mol. The molecule has 0 spiro atoms. The molecule has 1 aliphatic rings. The van der Waals surface area contributed by atoms with Gasteiger partial charge in [-0.25, -0.2) is 0 Å². The lowest BCUT2D eigenvalue weighted by Crippen LogP contribution is -2.14. The van der Waals surface area contributed by atoms with Gasteiger partial charge < -0.3 is 9.73 Å². The van der Waals surface area contributed by atoms with Crippen molar-refractivity contribution in [3.8, 4) is 0 Å². The molecule has 1 aliphatic carbocycles. The molecule has 1 heterocycles. The third-order valence-electron chi connectivity index (χ3n) is 2.83. The highest BCUT2D eigenvalue weighted by Crippen LogP contribution is 2.32. The highest BCUT2D eigenvalue weighted by atomic mass is 79.9. The minimum atomic E-state index is 0.723. The Balaban J connectivity index is 1.97. The largest absolute Gasteiger partial charge is 0.463 e. The van der Waals surface area contributed by atoms with E-state index in [1.807, 2.05) is 12.3 Å². The number of benzene rings is 1. The maximum Gasteiger partial charge on any atom is 0.148 e. The minimum Gasteiger partial charge on any atom is -0.463 e. The Labute approximate surface area is 111 Å². The molecule has 1 fully saturated rings. The van der Waals surface area contributed by atoms with Crippen LogP contribution in [0.5, 0.6) is 0 Å². The van der Waals surface area contributed by atoms with Crippen molar-refractivity contribution in [2.75, 3.05) is 0 Å². The van der Waals surface area contributed by atoms with Crippen LogP contribution >= 0.6 is 31.9 Å². The van der Waals surface area contributed by atoms with E-state index in [-0.39, 0.29) is 0 Å². The Morgan fingerprint density at radius 2 is 2.12 bits per heavy atom. The molecule has 0 saturated heterocycles. The monoisotopic (exact) mass is 343 g/mol. The molecule has 0 unspecified atom stereocenters. The van der Waals surface area contributed by atoms with Crippen LogP contribution in [-0.4, -0.2) is 6.04 Å². The topological polar surface area (TPSA) is 25.2 Å². The molecule has 2 nitrogen and oxygen atoms in total. The van der Waals surface area contributed by atoms with Crippen LogP contribution in [0, 0.1) is 0 Å². The molecule has 0 aliphatic heterocycles. The van der Waals surface area contributed by atoms with Gasteiger partial charge in [-0.15, -0.1) is 0 Å². The van der Waals surface area contributed by atoms with Crippen molar-refractivity contribution in [1.82, 2.24) is 5.32 Å². The predicted octanol–water partition coefficient (Wildman–Crippen LogP) is 4.21. The Kier molecular flexibility index (Phi) is 2.81. The van der Waals surface area contributed by atoms with Gasteiger partial charge in [0.05, 0.1) is 10.7 Å². The number of fused-ring (bicyclic) bond motifs is 1. The Bertz CT molecular complexity index is 531. The van der Waals surface area contributed by atoms with Crippen LogP contribution in [0.3, 0.4) is 0 Å². The summed E-state index contributed by atoms with van der Waals surface area (Å²) in [6.07, 6.45) is 4.46. The van der Waals surface area contributed by atoms with Crippen molar-refractivity contribution in [1.29, 1.82) is 0 Å². The molecule has 3 rings (SSSR count). The van der Waals surface area contributed by atoms with E-state index in [2.05, 4.69) is 43.2 Å². The first-order chi connectivity index (χ1) is 7.74. The van der Waals surface area contributed by atoms with Crippen molar-refractivity contribution in [2.45, 2.75) is 25.4 Å². The van der Waals surface area contributed by atoms with Gasteiger partial charge in [0, 0.05) is 28.0 Å². The molecule has 1 saturated carbocycles. The number of nitrogens with one attached hydrogen (secondary N) is 1. The molecule has 1 N–H and O–H groups in total. The van der Waals surface area contributed by atoms with Crippen LogP contribution in [0.15, 0.2) is 31.8 Å². The van der Waals surface area contributed by atoms with Crippen LogP contribution in [0.4, 0.5) is 0 Å². The third kappa shape index (κ3) is 2.06. The fourth-order valence-corrected chi connectivity index (χ4v) is 3.11. The van der Waals surface area contributed by atoms with Gasteiger partial charge in [0.2, 0.25) is 0 Å². The molecule has 1 aromatic heterocycles. The summed E-state index contributed by atoms with van der Waals surface area (Å²) in [6.45, 7) is 0.889. The fourth-order valence-electron chi connectivity index (χ4n) is 1.79. The molecule has 4 heteroatoms. The molecule has 1 aromatic carbocycles. The maximum absolute atomic E-state index is 5.58. The quantitative estimate of drug-likeness (QED) is 0.902. The second kappa shape index (κ2) is 4.17. The molecule has 0 atom stereocenters. The fraction of sp³-hybridized carbons (Fsp3) is 0.333. The van der Waals surface area contributed by atoms with Crippen LogP contribution in [-0.2, 0) is 6.54 Å². The highest BCUT2D eigenvalue weighted by Gasteiger charge is 2.21. The van der Waals surface area contributed by atoms with Gasteiger partial charge in [-0.05, 0) is 40.9 Å². The number of hydrogen-bond donors (Lipinski definition) is 1. The van der Waals surface area contributed by atoms with E-state index in [1.165, 1.54) is 23.8 Å². The zero-order valence-electron chi connectivity index (χ0n) is 8.59. The molecule has 0 radical (unpaired) electrons. The van der Waals surface area contributed by atoms with E-state index >= 15 is 0 Å². The lowest BCUT2D eigenvalue weighted by Gasteiger charge is -2.01. The number of furan rings is 1. The van der Waals surface area contributed by atoms with E-state index in [0.717, 1.165) is 27.1 Å². The van der Waals surface area contributed by atoms with E-state index in [1.54, 1.807) is 0 Å². The first-order valence-electron chi connectivity index (χ1n) is 5.32. The lowest BCUT2D eigenvalue weighted by atomic mass is 10.2. The smallest absolute Gasteiger partial charge is 0.148 e. The van der Waals surface area contributed by atoms with E-state index in [4.69, 9.17) is 4.42 Å². The van der Waals surface area contributed by atoms with Gasteiger partial charge in [0.25, 0.3) is 0 Å². The summed E-state index contributed by atoms with van der Waals surface area (Å²) >= 11 is 7.01. The minimum absolute atomic E-state index is 0.723. The third-order valence-corrected chi connectivity index (χ3v) is 3.88. The zero-order chi connectivity index (χ0) is 11.1. The number of halogens is 2. The highest BCUT2D eigenvalue weighted by molar-refractivity contribution is 9.11. The summed E-state index contributed by atoms with van der Waals surface area (Å²) in [6, 6.07) is 4.83.